The highest BCUT2D eigenvalue weighted by atomic mass is 79.9. The summed E-state index contributed by atoms with van der Waals surface area (Å²) in [5.41, 5.74) is 3.98. The first-order valence-corrected chi connectivity index (χ1v) is 13.2. The number of carbonyl (C=O) groups is 2. The van der Waals surface area contributed by atoms with Crippen molar-refractivity contribution in [1.29, 1.82) is 0 Å². The molecule has 2 N–H and O–H groups in total. The van der Waals surface area contributed by atoms with Crippen LogP contribution < -0.4 is 25.0 Å². The average Bonchev–Trinajstić information content (AvgIpc) is 2.86. The molecule has 3 aromatic carbocycles. The molecule has 37 heavy (non-hydrogen) atoms. The smallest absolute Gasteiger partial charge is 0.271 e. The number of amides is 2. The summed E-state index contributed by atoms with van der Waals surface area (Å²) in [6, 6.07) is 15.2. The highest BCUT2D eigenvalue weighted by molar-refractivity contribution is 9.11. The van der Waals surface area contributed by atoms with Crippen LogP contribution in [0.1, 0.15) is 29.8 Å². The second-order valence-corrected chi connectivity index (χ2v) is 9.58. The summed E-state index contributed by atoms with van der Waals surface area (Å²) in [6.45, 7) is 4.38. The zero-order valence-electron chi connectivity index (χ0n) is 20.0. The minimum absolute atomic E-state index is 0.248. The van der Waals surface area contributed by atoms with Crippen LogP contribution in [-0.4, -0.2) is 37.8 Å². The number of nitrogens with one attached hydrogen (secondary N) is 2. The van der Waals surface area contributed by atoms with Gasteiger partial charge < -0.3 is 19.5 Å². The Labute approximate surface area is 236 Å². The molecule has 0 aliphatic carbocycles. The Morgan fingerprint density at radius 3 is 2.35 bits per heavy atom. The molecule has 194 valence electrons. The molecule has 0 unspecified atom stereocenters. The quantitative estimate of drug-likeness (QED) is 0.183. The topological polar surface area (TPSA) is 98.3 Å². The van der Waals surface area contributed by atoms with E-state index in [9.17, 15) is 9.59 Å². The number of rotatable bonds is 11. The monoisotopic (exact) mass is 651 g/mol. The summed E-state index contributed by atoms with van der Waals surface area (Å²) < 4.78 is 18.2. The van der Waals surface area contributed by atoms with Gasteiger partial charge in [-0.15, -0.1) is 0 Å². The van der Waals surface area contributed by atoms with Gasteiger partial charge in [0.2, 0.25) is 0 Å². The zero-order valence-corrected chi connectivity index (χ0v) is 23.9. The Kier molecular flexibility index (Phi) is 10.8. The van der Waals surface area contributed by atoms with Gasteiger partial charge >= 0.3 is 0 Å². The predicted molar refractivity (Wildman–Crippen MR) is 151 cm³/mol. The SMILES string of the molecule is CCOc1ccc(C(=O)N/N=C/c2cc(Br)cc(Br)c2OCC(=O)Nc2ccc(Cl)cc2)cc1OCC. The van der Waals surface area contributed by atoms with Crippen LogP contribution in [0.25, 0.3) is 0 Å². The van der Waals surface area contributed by atoms with Crippen molar-refractivity contribution < 1.29 is 23.8 Å². The number of ether oxygens (including phenoxy) is 3. The third kappa shape index (κ3) is 8.48. The van der Waals surface area contributed by atoms with E-state index in [2.05, 4.69) is 47.7 Å². The van der Waals surface area contributed by atoms with Crippen LogP contribution in [0.5, 0.6) is 17.2 Å². The van der Waals surface area contributed by atoms with Gasteiger partial charge in [-0.05, 0) is 84.4 Å². The van der Waals surface area contributed by atoms with Gasteiger partial charge in [0.1, 0.15) is 5.75 Å². The molecular weight excluding hydrogens is 630 g/mol. The maximum absolute atomic E-state index is 12.7. The third-order valence-corrected chi connectivity index (χ3v) is 5.99. The fourth-order valence-electron chi connectivity index (χ4n) is 3.11. The minimum atomic E-state index is -0.431. The van der Waals surface area contributed by atoms with Crippen molar-refractivity contribution in [2.75, 3.05) is 25.1 Å². The number of nitrogens with zero attached hydrogens (tertiary/aromatic N) is 1. The van der Waals surface area contributed by atoms with Gasteiger partial charge in [-0.25, -0.2) is 5.43 Å². The van der Waals surface area contributed by atoms with E-state index in [0.29, 0.717) is 56.8 Å². The Hall–Kier alpha value is -3.08. The summed E-state index contributed by atoms with van der Waals surface area (Å²) in [6.07, 6.45) is 1.43. The molecule has 11 heteroatoms. The first-order valence-electron chi connectivity index (χ1n) is 11.2. The Morgan fingerprint density at radius 2 is 1.65 bits per heavy atom. The molecule has 3 aromatic rings. The molecule has 0 aliphatic heterocycles. The van der Waals surface area contributed by atoms with Crippen molar-refractivity contribution in [1.82, 2.24) is 5.43 Å². The van der Waals surface area contributed by atoms with Crippen molar-refractivity contribution >= 4 is 67.2 Å². The lowest BCUT2D eigenvalue weighted by Crippen LogP contribution is -2.21. The summed E-state index contributed by atoms with van der Waals surface area (Å²) in [4.78, 5) is 25.0. The molecular formula is C26H24Br2ClN3O5. The molecule has 0 radical (unpaired) electrons. The number of anilines is 1. The molecule has 0 atom stereocenters. The van der Waals surface area contributed by atoms with Crippen LogP contribution in [0.15, 0.2) is 68.6 Å². The molecule has 0 bridgehead atoms. The largest absolute Gasteiger partial charge is 0.490 e. The van der Waals surface area contributed by atoms with Crippen LogP contribution in [0.4, 0.5) is 5.69 Å². The summed E-state index contributed by atoms with van der Waals surface area (Å²) in [7, 11) is 0. The maximum Gasteiger partial charge on any atom is 0.271 e. The van der Waals surface area contributed by atoms with Crippen LogP contribution in [0.2, 0.25) is 5.02 Å². The lowest BCUT2D eigenvalue weighted by atomic mass is 10.2. The van der Waals surface area contributed by atoms with E-state index in [1.54, 1.807) is 54.6 Å². The number of carbonyl (C=O) groups excluding carboxylic acids is 2. The normalized spacial score (nSPS) is 10.7. The van der Waals surface area contributed by atoms with Crippen LogP contribution in [0.3, 0.4) is 0 Å². The Balaban J connectivity index is 1.68. The first kappa shape index (κ1) is 28.5. The zero-order chi connectivity index (χ0) is 26.8. The molecule has 0 spiro atoms. The fraction of sp³-hybridized carbons (Fsp3) is 0.192. The first-order chi connectivity index (χ1) is 17.8. The number of benzene rings is 3. The minimum Gasteiger partial charge on any atom is -0.490 e. The highest BCUT2D eigenvalue weighted by Crippen LogP contribution is 2.32. The van der Waals surface area contributed by atoms with Crippen molar-refractivity contribution in [3.05, 3.63) is 79.7 Å². The summed E-state index contributed by atoms with van der Waals surface area (Å²) in [5.74, 6) is 0.634. The maximum atomic E-state index is 12.7. The summed E-state index contributed by atoms with van der Waals surface area (Å²) >= 11 is 12.7. The predicted octanol–water partition coefficient (Wildman–Crippen LogP) is 6.44. The molecule has 0 saturated heterocycles. The van der Waals surface area contributed by atoms with Gasteiger partial charge in [-0.2, -0.15) is 5.10 Å². The fourth-order valence-corrected chi connectivity index (χ4v) is 4.61. The summed E-state index contributed by atoms with van der Waals surface area (Å²) in [5, 5.41) is 7.37. The van der Waals surface area contributed by atoms with Gasteiger partial charge in [0, 0.05) is 26.3 Å². The lowest BCUT2D eigenvalue weighted by Gasteiger charge is -2.12. The number of halogens is 3. The van der Waals surface area contributed by atoms with E-state index >= 15 is 0 Å². The Morgan fingerprint density at radius 1 is 0.946 bits per heavy atom. The number of hydrazone groups is 1. The molecule has 0 heterocycles. The highest BCUT2D eigenvalue weighted by Gasteiger charge is 2.14. The van der Waals surface area contributed by atoms with E-state index in [-0.39, 0.29) is 12.5 Å². The van der Waals surface area contributed by atoms with E-state index in [1.165, 1.54) is 6.21 Å². The van der Waals surface area contributed by atoms with Crippen molar-refractivity contribution in [2.24, 2.45) is 5.10 Å². The van der Waals surface area contributed by atoms with E-state index in [4.69, 9.17) is 25.8 Å². The second-order valence-electron chi connectivity index (χ2n) is 7.38. The standard InChI is InChI=1S/C26H24Br2ClN3O5/c1-3-35-22-10-5-16(12-23(22)36-4-2)26(34)32-30-14-17-11-18(27)13-21(28)25(17)37-15-24(33)31-20-8-6-19(29)7-9-20/h5-14H,3-4,15H2,1-2H3,(H,31,33)(H,32,34)/b30-14+. The van der Waals surface area contributed by atoms with Gasteiger partial charge in [-0.3, -0.25) is 9.59 Å². The Bertz CT molecular complexity index is 1290. The van der Waals surface area contributed by atoms with Crippen molar-refractivity contribution in [3.63, 3.8) is 0 Å². The molecule has 0 saturated carbocycles. The van der Waals surface area contributed by atoms with Gasteiger partial charge in [0.05, 0.1) is 23.9 Å². The third-order valence-electron chi connectivity index (χ3n) is 4.69. The molecule has 0 aliphatic rings. The van der Waals surface area contributed by atoms with Crippen LogP contribution in [0, 0.1) is 0 Å². The average molecular weight is 654 g/mol. The van der Waals surface area contributed by atoms with E-state index in [1.807, 2.05) is 13.8 Å². The molecule has 8 nitrogen and oxygen atoms in total. The van der Waals surface area contributed by atoms with Gasteiger partial charge in [-0.1, -0.05) is 27.5 Å². The molecule has 0 fully saturated rings. The molecule has 2 amide bonds. The second kappa shape index (κ2) is 14.0. The molecule has 0 aromatic heterocycles. The van der Waals surface area contributed by atoms with Crippen LogP contribution >= 0.6 is 43.5 Å². The van der Waals surface area contributed by atoms with Gasteiger partial charge in [0.25, 0.3) is 11.8 Å². The lowest BCUT2D eigenvalue weighted by molar-refractivity contribution is -0.118. The van der Waals surface area contributed by atoms with Crippen molar-refractivity contribution in [2.45, 2.75) is 13.8 Å². The van der Waals surface area contributed by atoms with Gasteiger partial charge in [0.15, 0.2) is 18.1 Å². The number of hydrogen-bond donors (Lipinski definition) is 2. The number of hydrogen-bond acceptors (Lipinski definition) is 6. The van der Waals surface area contributed by atoms with Crippen LogP contribution in [-0.2, 0) is 4.79 Å². The van der Waals surface area contributed by atoms with E-state index < -0.39 is 5.91 Å². The van der Waals surface area contributed by atoms with E-state index in [0.717, 1.165) is 4.47 Å². The van der Waals surface area contributed by atoms with Crippen molar-refractivity contribution in [3.8, 4) is 17.2 Å². The molecule has 3 rings (SSSR count).